The maximum absolute atomic E-state index is 9.75. The molecule has 0 spiro atoms. The van der Waals surface area contributed by atoms with E-state index in [9.17, 15) is 5.11 Å². The molecule has 0 amide bonds. The summed E-state index contributed by atoms with van der Waals surface area (Å²) < 4.78 is 5.71. The fourth-order valence-corrected chi connectivity index (χ4v) is 2.50. The van der Waals surface area contributed by atoms with Gasteiger partial charge in [-0.25, -0.2) is 0 Å². The molecule has 3 unspecified atom stereocenters. The number of aliphatic hydroxyl groups excluding tert-OH is 1. The van der Waals surface area contributed by atoms with Gasteiger partial charge in [0.05, 0.1) is 12.1 Å². The molecule has 0 aromatic carbocycles. The topological polar surface area (TPSA) is 45.4 Å². The van der Waals surface area contributed by atoms with Gasteiger partial charge < -0.3 is 14.8 Å². The number of furan rings is 1. The van der Waals surface area contributed by atoms with E-state index in [1.807, 2.05) is 12.1 Å². The van der Waals surface area contributed by atoms with E-state index < -0.39 is 0 Å². The average Bonchev–Trinajstić information content (AvgIpc) is 2.94. The number of aliphatic hydroxyl groups is 1. The van der Waals surface area contributed by atoms with Gasteiger partial charge in [0, 0.05) is 13.0 Å². The van der Waals surface area contributed by atoms with E-state index in [0.29, 0.717) is 5.92 Å². The molecular formula is C14H23NO2. The third-order valence-electron chi connectivity index (χ3n) is 3.76. The van der Waals surface area contributed by atoms with Crippen molar-refractivity contribution in [3.8, 4) is 0 Å². The summed E-state index contributed by atoms with van der Waals surface area (Å²) in [5.41, 5.74) is 0. The van der Waals surface area contributed by atoms with E-state index in [1.165, 1.54) is 0 Å². The highest BCUT2D eigenvalue weighted by molar-refractivity contribution is 5.10. The van der Waals surface area contributed by atoms with Gasteiger partial charge in [0.15, 0.2) is 0 Å². The Kier molecular flexibility index (Phi) is 4.24. The summed E-state index contributed by atoms with van der Waals surface area (Å²) in [5, 5.41) is 13.2. The maximum atomic E-state index is 9.75. The minimum atomic E-state index is -0.113. The second-order valence-electron chi connectivity index (χ2n) is 5.05. The second-order valence-corrected chi connectivity index (χ2v) is 5.05. The van der Waals surface area contributed by atoms with Gasteiger partial charge in [-0.1, -0.05) is 13.3 Å². The first-order valence-corrected chi connectivity index (χ1v) is 6.70. The predicted molar refractivity (Wildman–Crippen MR) is 67.9 cm³/mol. The van der Waals surface area contributed by atoms with E-state index in [2.05, 4.69) is 19.2 Å². The van der Waals surface area contributed by atoms with E-state index >= 15 is 0 Å². The molecule has 1 fully saturated rings. The Labute approximate surface area is 103 Å². The monoisotopic (exact) mass is 237 g/mol. The fourth-order valence-electron chi connectivity index (χ4n) is 2.50. The summed E-state index contributed by atoms with van der Waals surface area (Å²) in [7, 11) is 0. The summed E-state index contributed by atoms with van der Waals surface area (Å²) >= 11 is 0. The van der Waals surface area contributed by atoms with Gasteiger partial charge in [-0.2, -0.15) is 0 Å². The Morgan fingerprint density at radius 3 is 2.88 bits per heavy atom. The Hall–Kier alpha value is -0.800. The lowest BCUT2D eigenvalue weighted by Gasteiger charge is -2.18. The second kappa shape index (κ2) is 5.69. The standard InChI is InChI=1S/C14H23NO2/c1-3-12-7-8-14(17-12)10(2)15-9-11-5-4-6-13(11)16/h7-8,10-11,13,15-16H,3-6,9H2,1-2H3. The zero-order valence-corrected chi connectivity index (χ0v) is 10.8. The molecule has 1 aliphatic rings. The molecule has 1 heterocycles. The molecule has 2 N–H and O–H groups in total. The zero-order valence-electron chi connectivity index (χ0n) is 10.8. The van der Waals surface area contributed by atoms with Crippen LogP contribution in [0.25, 0.3) is 0 Å². The lowest BCUT2D eigenvalue weighted by atomic mass is 10.1. The lowest BCUT2D eigenvalue weighted by molar-refractivity contribution is 0.129. The van der Waals surface area contributed by atoms with Crippen LogP contribution < -0.4 is 5.32 Å². The van der Waals surface area contributed by atoms with Crippen molar-refractivity contribution < 1.29 is 9.52 Å². The molecule has 96 valence electrons. The third-order valence-corrected chi connectivity index (χ3v) is 3.76. The van der Waals surface area contributed by atoms with Crippen LogP contribution in [0.5, 0.6) is 0 Å². The molecule has 1 aromatic heterocycles. The van der Waals surface area contributed by atoms with Crippen LogP contribution in [0.1, 0.15) is 50.7 Å². The molecule has 17 heavy (non-hydrogen) atoms. The van der Waals surface area contributed by atoms with Crippen molar-refractivity contribution in [2.75, 3.05) is 6.54 Å². The SMILES string of the molecule is CCc1ccc(C(C)NCC2CCCC2O)o1. The first-order chi connectivity index (χ1) is 8.20. The van der Waals surface area contributed by atoms with Crippen LogP contribution in [0.2, 0.25) is 0 Å². The normalized spacial score (nSPS) is 26.3. The van der Waals surface area contributed by atoms with Crippen LogP contribution in [0.4, 0.5) is 0 Å². The van der Waals surface area contributed by atoms with E-state index in [-0.39, 0.29) is 12.1 Å². The van der Waals surface area contributed by atoms with Crippen LogP contribution in [0.3, 0.4) is 0 Å². The van der Waals surface area contributed by atoms with Crippen molar-refractivity contribution in [2.24, 2.45) is 5.92 Å². The molecule has 3 heteroatoms. The minimum absolute atomic E-state index is 0.113. The Balaban J connectivity index is 1.82. The fraction of sp³-hybridized carbons (Fsp3) is 0.714. The molecule has 0 saturated heterocycles. The van der Waals surface area contributed by atoms with Gasteiger partial charge in [-0.05, 0) is 37.8 Å². The number of aryl methyl sites for hydroxylation is 1. The van der Waals surface area contributed by atoms with Crippen molar-refractivity contribution >= 4 is 0 Å². The largest absolute Gasteiger partial charge is 0.464 e. The molecule has 0 aliphatic heterocycles. The van der Waals surface area contributed by atoms with E-state index in [0.717, 1.165) is 43.7 Å². The van der Waals surface area contributed by atoms with Crippen molar-refractivity contribution in [1.29, 1.82) is 0 Å². The highest BCUT2D eigenvalue weighted by Gasteiger charge is 2.25. The molecule has 3 atom stereocenters. The molecule has 3 nitrogen and oxygen atoms in total. The Morgan fingerprint density at radius 2 is 2.29 bits per heavy atom. The first-order valence-electron chi connectivity index (χ1n) is 6.70. The van der Waals surface area contributed by atoms with Gasteiger partial charge in [0.2, 0.25) is 0 Å². The minimum Gasteiger partial charge on any atom is -0.464 e. The van der Waals surface area contributed by atoms with Crippen LogP contribution in [-0.4, -0.2) is 17.8 Å². The first kappa shape index (κ1) is 12.7. The molecule has 0 radical (unpaired) electrons. The molecule has 1 saturated carbocycles. The Bertz CT molecular complexity index is 348. The average molecular weight is 237 g/mol. The molecule has 1 aliphatic carbocycles. The summed E-state index contributed by atoms with van der Waals surface area (Å²) in [6.07, 6.45) is 4.08. The number of nitrogens with one attached hydrogen (secondary N) is 1. The zero-order chi connectivity index (χ0) is 12.3. The Morgan fingerprint density at radius 1 is 1.47 bits per heavy atom. The number of rotatable bonds is 5. The molecule has 2 rings (SSSR count). The van der Waals surface area contributed by atoms with Crippen molar-refractivity contribution in [3.63, 3.8) is 0 Å². The highest BCUT2D eigenvalue weighted by Crippen LogP contribution is 2.25. The summed E-state index contributed by atoms with van der Waals surface area (Å²) in [6.45, 7) is 5.08. The third kappa shape index (κ3) is 3.11. The summed E-state index contributed by atoms with van der Waals surface area (Å²) in [6, 6.07) is 4.31. The van der Waals surface area contributed by atoms with Crippen LogP contribution in [-0.2, 0) is 6.42 Å². The predicted octanol–water partition coefficient (Wildman–Crippen LogP) is 2.65. The van der Waals surface area contributed by atoms with E-state index in [4.69, 9.17) is 4.42 Å². The van der Waals surface area contributed by atoms with Crippen molar-refractivity contribution in [1.82, 2.24) is 5.32 Å². The summed E-state index contributed by atoms with van der Waals surface area (Å²) in [4.78, 5) is 0. The van der Waals surface area contributed by atoms with Gasteiger partial charge in [-0.15, -0.1) is 0 Å². The van der Waals surface area contributed by atoms with Gasteiger partial charge >= 0.3 is 0 Å². The highest BCUT2D eigenvalue weighted by atomic mass is 16.3. The van der Waals surface area contributed by atoms with Gasteiger partial charge in [0.25, 0.3) is 0 Å². The maximum Gasteiger partial charge on any atom is 0.120 e. The van der Waals surface area contributed by atoms with Crippen molar-refractivity contribution in [3.05, 3.63) is 23.7 Å². The molecule has 1 aromatic rings. The van der Waals surface area contributed by atoms with E-state index in [1.54, 1.807) is 0 Å². The number of hydrogen-bond acceptors (Lipinski definition) is 3. The lowest BCUT2D eigenvalue weighted by Crippen LogP contribution is -2.29. The molecular weight excluding hydrogens is 214 g/mol. The van der Waals surface area contributed by atoms with Crippen LogP contribution in [0.15, 0.2) is 16.5 Å². The van der Waals surface area contributed by atoms with Crippen LogP contribution >= 0.6 is 0 Å². The van der Waals surface area contributed by atoms with Crippen LogP contribution in [0, 0.1) is 5.92 Å². The number of hydrogen-bond donors (Lipinski definition) is 2. The summed E-state index contributed by atoms with van der Waals surface area (Å²) in [5.74, 6) is 2.45. The smallest absolute Gasteiger partial charge is 0.120 e. The van der Waals surface area contributed by atoms with Gasteiger partial charge in [-0.3, -0.25) is 0 Å². The quantitative estimate of drug-likeness (QED) is 0.827. The van der Waals surface area contributed by atoms with Gasteiger partial charge in [0.1, 0.15) is 11.5 Å². The molecule has 0 bridgehead atoms. The van der Waals surface area contributed by atoms with Crippen molar-refractivity contribution in [2.45, 2.75) is 51.7 Å².